The molecule has 4 nitrogen and oxygen atoms in total. The van der Waals surface area contributed by atoms with Gasteiger partial charge in [-0.2, -0.15) is 0 Å². The third kappa shape index (κ3) is 2.19. The number of amides is 1. The van der Waals surface area contributed by atoms with E-state index in [-0.39, 0.29) is 19.1 Å². The van der Waals surface area contributed by atoms with E-state index in [1.54, 1.807) is 13.0 Å². The summed E-state index contributed by atoms with van der Waals surface area (Å²) in [4.78, 5) is 25.9. The molecule has 0 radical (unpaired) electrons. The molecule has 0 aliphatic carbocycles. The van der Waals surface area contributed by atoms with Gasteiger partial charge in [-0.1, -0.05) is 42.5 Å². The maximum Gasteiger partial charge on any atom is 0.326 e. The van der Waals surface area contributed by atoms with Crippen LogP contribution in [0.15, 0.2) is 36.4 Å². The molecule has 0 atom stereocenters. The first-order chi connectivity index (χ1) is 10.1. The van der Waals surface area contributed by atoms with Crippen molar-refractivity contribution in [1.29, 1.82) is 0 Å². The van der Waals surface area contributed by atoms with E-state index < -0.39 is 5.97 Å². The summed E-state index contributed by atoms with van der Waals surface area (Å²) in [6, 6.07) is 11.2. The molecular formula is C16H13NO3S. The van der Waals surface area contributed by atoms with Gasteiger partial charge in [0.25, 0.3) is 5.91 Å². The lowest BCUT2D eigenvalue weighted by atomic mass is 9.94. The summed E-state index contributed by atoms with van der Waals surface area (Å²) in [6.07, 6.45) is 0. The molecule has 0 fully saturated rings. The molecule has 2 aromatic rings. The number of hydrogen-bond acceptors (Lipinski definition) is 4. The molecule has 3 rings (SSSR count). The summed E-state index contributed by atoms with van der Waals surface area (Å²) in [6.45, 7) is 1.85. The summed E-state index contributed by atoms with van der Waals surface area (Å²) in [5.41, 5.74) is 1.38. The number of benzene rings is 2. The molecule has 1 heterocycles. The number of thiocarbonyl (C=S) groups is 1. The Labute approximate surface area is 127 Å². The molecule has 106 valence electrons. The average molecular weight is 299 g/mol. The third-order valence-electron chi connectivity index (χ3n) is 3.45. The summed E-state index contributed by atoms with van der Waals surface area (Å²) in [5, 5.41) is 1.83. The first-order valence-electron chi connectivity index (χ1n) is 6.67. The van der Waals surface area contributed by atoms with Crippen LogP contribution in [-0.4, -0.2) is 34.9 Å². The van der Waals surface area contributed by atoms with E-state index in [0.717, 1.165) is 16.3 Å². The number of esters is 1. The summed E-state index contributed by atoms with van der Waals surface area (Å²) < 4.78 is 4.91. The molecule has 0 saturated heterocycles. The number of rotatable bonds is 3. The van der Waals surface area contributed by atoms with Crippen LogP contribution in [0.4, 0.5) is 0 Å². The Hall–Kier alpha value is -2.27. The minimum Gasteiger partial charge on any atom is -0.465 e. The average Bonchev–Trinajstić information content (AvgIpc) is 2.49. The zero-order valence-corrected chi connectivity index (χ0v) is 12.3. The lowest BCUT2D eigenvalue weighted by molar-refractivity contribution is -0.143. The van der Waals surface area contributed by atoms with Gasteiger partial charge < -0.3 is 4.74 Å². The van der Waals surface area contributed by atoms with Gasteiger partial charge in [0.05, 0.1) is 6.61 Å². The standard InChI is InChI=1S/C16H13NO3S/c1-2-20-13(18)9-17-15(19)11-7-3-5-10-6-4-8-12(14(10)11)16(17)21/h3-8H,2,9H2,1H3. The molecule has 0 bridgehead atoms. The van der Waals surface area contributed by atoms with Crippen molar-refractivity contribution in [1.82, 2.24) is 4.90 Å². The van der Waals surface area contributed by atoms with E-state index in [2.05, 4.69) is 0 Å². The SMILES string of the molecule is CCOC(=O)CN1C(=O)c2cccc3cccc(c23)C1=S. The zero-order chi connectivity index (χ0) is 15.0. The predicted octanol–water partition coefficient (Wildman–Crippen LogP) is 2.53. The van der Waals surface area contributed by atoms with E-state index in [1.807, 2.05) is 30.3 Å². The molecule has 5 heteroatoms. The molecule has 2 aromatic carbocycles. The summed E-state index contributed by atoms with van der Waals surface area (Å²) in [7, 11) is 0. The zero-order valence-electron chi connectivity index (χ0n) is 11.5. The Balaban J connectivity index is 2.09. The van der Waals surface area contributed by atoms with Crippen molar-refractivity contribution >= 4 is 39.9 Å². The van der Waals surface area contributed by atoms with E-state index >= 15 is 0 Å². The lowest BCUT2D eigenvalue weighted by Gasteiger charge is -2.28. The van der Waals surface area contributed by atoms with Crippen molar-refractivity contribution in [3.05, 3.63) is 47.5 Å². The molecule has 1 aliphatic rings. The van der Waals surface area contributed by atoms with Crippen LogP contribution < -0.4 is 0 Å². The van der Waals surface area contributed by atoms with Gasteiger partial charge in [0.15, 0.2) is 0 Å². The summed E-state index contributed by atoms with van der Waals surface area (Å²) in [5.74, 6) is -0.711. The van der Waals surface area contributed by atoms with Gasteiger partial charge in [-0.05, 0) is 18.4 Å². The van der Waals surface area contributed by atoms with Crippen molar-refractivity contribution in [2.75, 3.05) is 13.2 Å². The van der Waals surface area contributed by atoms with Gasteiger partial charge in [-0.15, -0.1) is 0 Å². The topological polar surface area (TPSA) is 46.6 Å². The number of carbonyl (C=O) groups is 2. The maximum atomic E-state index is 12.6. The fourth-order valence-electron chi connectivity index (χ4n) is 2.56. The highest BCUT2D eigenvalue weighted by Crippen LogP contribution is 2.30. The van der Waals surface area contributed by atoms with Gasteiger partial charge >= 0.3 is 5.97 Å². The van der Waals surface area contributed by atoms with Crippen LogP contribution in [0.1, 0.15) is 22.8 Å². The molecule has 0 unspecified atom stereocenters. The van der Waals surface area contributed by atoms with E-state index in [9.17, 15) is 9.59 Å². The minimum absolute atomic E-state index is 0.157. The van der Waals surface area contributed by atoms with Gasteiger partial charge in [0.2, 0.25) is 0 Å². The number of carbonyl (C=O) groups excluding carboxylic acids is 2. The second-order valence-corrected chi connectivity index (χ2v) is 5.10. The fourth-order valence-corrected chi connectivity index (χ4v) is 2.88. The predicted molar refractivity (Wildman–Crippen MR) is 83.3 cm³/mol. The molecule has 1 aliphatic heterocycles. The van der Waals surface area contributed by atoms with Crippen LogP contribution in [0.3, 0.4) is 0 Å². The van der Waals surface area contributed by atoms with E-state index in [0.29, 0.717) is 10.6 Å². The molecule has 0 N–H and O–H groups in total. The normalized spacial score (nSPS) is 13.7. The third-order valence-corrected chi connectivity index (χ3v) is 3.89. The number of hydrogen-bond donors (Lipinski definition) is 0. The molecule has 0 spiro atoms. The van der Waals surface area contributed by atoms with Crippen LogP contribution in [0.2, 0.25) is 0 Å². The minimum atomic E-state index is -0.459. The fraction of sp³-hybridized carbons (Fsp3) is 0.188. The van der Waals surface area contributed by atoms with Gasteiger partial charge in [0, 0.05) is 16.5 Å². The Morgan fingerprint density at radius 3 is 2.52 bits per heavy atom. The monoisotopic (exact) mass is 299 g/mol. The molecular weight excluding hydrogens is 286 g/mol. The van der Waals surface area contributed by atoms with E-state index in [4.69, 9.17) is 17.0 Å². The van der Waals surface area contributed by atoms with Gasteiger partial charge in [0.1, 0.15) is 11.5 Å². The Kier molecular flexibility index (Phi) is 3.43. The van der Waals surface area contributed by atoms with Crippen LogP contribution in [0, 0.1) is 0 Å². The van der Waals surface area contributed by atoms with Crippen molar-refractivity contribution in [3.63, 3.8) is 0 Å². The largest absolute Gasteiger partial charge is 0.465 e. The summed E-state index contributed by atoms with van der Waals surface area (Å²) >= 11 is 5.39. The first-order valence-corrected chi connectivity index (χ1v) is 7.08. The van der Waals surface area contributed by atoms with Crippen LogP contribution in [0.5, 0.6) is 0 Å². The van der Waals surface area contributed by atoms with Crippen molar-refractivity contribution in [3.8, 4) is 0 Å². The van der Waals surface area contributed by atoms with Crippen molar-refractivity contribution in [2.24, 2.45) is 0 Å². The highest BCUT2D eigenvalue weighted by atomic mass is 32.1. The van der Waals surface area contributed by atoms with Crippen LogP contribution in [0.25, 0.3) is 10.8 Å². The second-order valence-electron chi connectivity index (χ2n) is 4.71. The van der Waals surface area contributed by atoms with Crippen LogP contribution >= 0.6 is 12.2 Å². The Bertz CT molecular complexity index is 718. The maximum absolute atomic E-state index is 12.6. The van der Waals surface area contributed by atoms with E-state index in [1.165, 1.54) is 4.90 Å². The Morgan fingerprint density at radius 2 is 1.86 bits per heavy atom. The highest BCUT2D eigenvalue weighted by molar-refractivity contribution is 7.80. The highest BCUT2D eigenvalue weighted by Gasteiger charge is 2.31. The van der Waals surface area contributed by atoms with Gasteiger partial charge in [-0.25, -0.2) is 0 Å². The first kappa shape index (κ1) is 13.7. The lowest BCUT2D eigenvalue weighted by Crippen LogP contribution is -2.43. The molecule has 0 aromatic heterocycles. The molecule has 21 heavy (non-hydrogen) atoms. The quantitative estimate of drug-likeness (QED) is 0.645. The number of ether oxygens (including phenoxy) is 1. The number of nitrogens with zero attached hydrogens (tertiary/aromatic N) is 1. The molecule has 0 saturated carbocycles. The van der Waals surface area contributed by atoms with Crippen molar-refractivity contribution in [2.45, 2.75) is 6.92 Å². The Morgan fingerprint density at radius 1 is 1.19 bits per heavy atom. The molecule has 1 amide bonds. The smallest absolute Gasteiger partial charge is 0.326 e. The second kappa shape index (κ2) is 5.26. The van der Waals surface area contributed by atoms with Crippen LogP contribution in [-0.2, 0) is 9.53 Å². The van der Waals surface area contributed by atoms with Crippen molar-refractivity contribution < 1.29 is 14.3 Å². The van der Waals surface area contributed by atoms with Gasteiger partial charge in [-0.3, -0.25) is 14.5 Å².